The fourth-order valence-electron chi connectivity index (χ4n) is 5.24. The topological polar surface area (TPSA) is 120 Å². The molecule has 0 saturated carbocycles. The van der Waals surface area contributed by atoms with Crippen LogP contribution in [0.5, 0.6) is 0 Å². The number of amides is 2. The molecule has 3 aromatic carbocycles. The average Bonchev–Trinajstić information content (AvgIpc) is 3.46. The lowest BCUT2D eigenvalue weighted by atomic mass is 10.1. The van der Waals surface area contributed by atoms with Gasteiger partial charge in [-0.2, -0.15) is 18.3 Å². The maximum atomic E-state index is 13.9. The number of nitrogens with one attached hydrogen (secondary N) is 4. The monoisotopic (exact) mass is 634 g/mol. The maximum Gasteiger partial charge on any atom is 0.421 e. The van der Waals surface area contributed by atoms with E-state index in [-0.39, 0.29) is 0 Å². The molecular weight excluding hydrogens is 604 g/mol. The summed E-state index contributed by atoms with van der Waals surface area (Å²) in [5.41, 5.74) is 0.994. The lowest BCUT2D eigenvalue weighted by Gasteiger charge is -2.26. The molecule has 0 bridgehead atoms. The zero-order chi connectivity index (χ0) is 32.1. The highest BCUT2D eigenvalue weighted by Crippen LogP contribution is 2.37. The van der Waals surface area contributed by atoms with E-state index in [0.29, 0.717) is 71.9 Å². The number of anilines is 3. The zero-order valence-corrected chi connectivity index (χ0v) is 24.5. The summed E-state index contributed by atoms with van der Waals surface area (Å²) in [6.45, 7) is 4.58. The Morgan fingerprint density at radius 1 is 0.935 bits per heavy atom. The minimum atomic E-state index is -4.98. The van der Waals surface area contributed by atoms with Crippen molar-refractivity contribution < 1.29 is 27.1 Å². The number of benzene rings is 3. The quantitative estimate of drug-likeness (QED) is 0.144. The molecule has 1 fully saturated rings. The van der Waals surface area contributed by atoms with E-state index < -0.39 is 29.3 Å². The number of carbonyl (C=O) groups is 1. The number of aromatic amines is 1. The summed E-state index contributed by atoms with van der Waals surface area (Å²) in [5.74, 6) is -0.235. The Morgan fingerprint density at radius 3 is 2.43 bits per heavy atom. The number of fused-ring (bicyclic) bond motifs is 1. The molecule has 1 aliphatic rings. The minimum Gasteiger partial charge on any atom is -0.379 e. The van der Waals surface area contributed by atoms with E-state index in [2.05, 4.69) is 31.0 Å². The van der Waals surface area contributed by atoms with Crippen LogP contribution in [0.2, 0.25) is 0 Å². The molecule has 3 heterocycles. The van der Waals surface area contributed by atoms with Crippen LogP contribution in [0.4, 0.5) is 39.5 Å². The van der Waals surface area contributed by atoms with Crippen molar-refractivity contribution in [2.45, 2.75) is 12.6 Å². The second-order valence-electron chi connectivity index (χ2n) is 10.6. The first-order valence-corrected chi connectivity index (χ1v) is 14.6. The van der Waals surface area contributed by atoms with Crippen molar-refractivity contribution >= 4 is 34.3 Å². The van der Waals surface area contributed by atoms with Gasteiger partial charge in [-0.25, -0.2) is 19.2 Å². The third-order valence-electron chi connectivity index (χ3n) is 7.47. The van der Waals surface area contributed by atoms with Crippen molar-refractivity contribution in [3.8, 4) is 11.3 Å². The number of rotatable bonds is 9. The molecule has 1 aliphatic heterocycles. The van der Waals surface area contributed by atoms with Crippen molar-refractivity contribution in [3.63, 3.8) is 0 Å². The van der Waals surface area contributed by atoms with E-state index in [9.17, 15) is 22.4 Å². The van der Waals surface area contributed by atoms with Crippen LogP contribution in [0.3, 0.4) is 0 Å². The number of nitrogens with zero attached hydrogens (tertiary/aromatic N) is 4. The normalized spacial score (nSPS) is 13.9. The van der Waals surface area contributed by atoms with E-state index >= 15 is 0 Å². The van der Waals surface area contributed by atoms with Gasteiger partial charge in [0.25, 0.3) is 0 Å². The SMILES string of the molecule is O=C(Nc1ccc(-c2[nH]nc3nc(Cc4ccccc4)nc(NCCN4CCOCC4)c23)cc1)Nc1cccc(F)c1C(F)(F)F. The highest BCUT2D eigenvalue weighted by molar-refractivity contribution is 6.01. The van der Waals surface area contributed by atoms with E-state index in [4.69, 9.17) is 14.7 Å². The fourth-order valence-corrected chi connectivity index (χ4v) is 5.24. The van der Waals surface area contributed by atoms with Gasteiger partial charge in [-0.15, -0.1) is 0 Å². The van der Waals surface area contributed by atoms with Gasteiger partial charge >= 0.3 is 12.2 Å². The van der Waals surface area contributed by atoms with Crippen LogP contribution >= 0.6 is 0 Å². The number of H-pyrrole nitrogens is 1. The maximum absolute atomic E-state index is 13.9. The van der Waals surface area contributed by atoms with Gasteiger partial charge in [0.2, 0.25) is 0 Å². The number of ether oxygens (including phenoxy) is 1. The summed E-state index contributed by atoms with van der Waals surface area (Å²) in [5, 5.41) is 16.3. The van der Waals surface area contributed by atoms with Crippen LogP contribution in [-0.2, 0) is 17.3 Å². The fraction of sp³-hybridized carbons (Fsp3) is 0.250. The van der Waals surface area contributed by atoms with E-state index in [1.165, 1.54) is 0 Å². The zero-order valence-electron chi connectivity index (χ0n) is 24.5. The average molecular weight is 635 g/mol. The van der Waals surface area contributed by atoms with Gasteiger partial charge in [-0.1, -0.05) is 48.5 Å². The van der Waals surface area contributed by atoms with Crippen molar-refractivity contribution in [3.05, 3.63) is 95.6 Å². The predicted octanol–water partition coefficient (Wildman–Crippen LogP) is 6.16. The summed E-state index contributed by atoms with van der Waals surface area (Å²) < 4.78 is 59.4. The number of urea groups is 1. The van der Waals surface area contributed by atoms with Crippen molar-refractivity contribution in [1.29, 1.82) is 0 Å². The molecular formula is C32H30F4N8O2. The number of carbonyl (C=O) groups excluding carboxylic acids is 1. The lowest BCUT2D eigenvalue weighted by molar-refractivity contribution is -0.139. The molecule has 1 saturated heterocycles. The van der Waals surface area contributed by atoms with Gasteiger partial charge in [0.05, 0.1) is 30.0 Å². The van der Waals surface area contributed by atoms with Gasteiger partial charge in [-0.05, 0) is 29.8 Å². The van der Waals surface area contributed by atoms with Gasteiger partial charge in [0.15, 0.2) is 5.65 Å². The van der Waals surface area contributed by atoms with Crippen molar-refractivity contribution in [2.75, 3.05) is 55.3 Å². The molecule has 0 atom stereocenters. The Hall–Kier alpha value is -5.08. The van der Waals surface area contributed by atoms with Crippen molar-refractivity contribution in [1.82, 2.24) is 25.1 Å². The number of hydrogen-bond acceptors (Lipinski definition) is 7. The van der Waals surface area contributed by atoms with E-state index in [1.807, 2.05) is 30.3 Å². The summed E-state index contributed by atoms with van der Waals surface area (Å²) in [7, 11) is 0. The van der Waals surface area contributed by atoms with Crippen LogP contribution in [0, 0.1) is 5.82 Å². The smallest absolute Gasteiger partial charge is 0.379 e. The molecule has 2 aromatic heterocycles. The first-order chi connectivity index (χ1) is 22.2. The van der Waals surface area contributed by atoms with Gasteiger partial charge < -0.3 is 20.7 Å². The van der Waals surface area contributed by atoms with Crippen LogP contribution in [0.25, 0.3) is 22.3 Å². The summed E-state index contributed by atoms with van der Waals surface area (Å²) in [6, 6.07) is 18.3. The highest BCUT2D eigenvalue weighted by atomic mass is 19.4. The molecule has 0 unspecified atom stereocenters. The van der Waals surface area contributed by atoms with Crippen molar-refractivity contribution in [2.24, 2.45) is 0 Å². The molecule has 14 heteroatoms. The number of alkyl halides is 3. The van der Waals surface area contributed by atoms with Crippen LogP contribution in [0.15, 0.2) is 72.8 Å². The third kappa shape index (κ3) is 7.24. The molecule has 46 heavy (non-hydrogen) atoms. The molecule has 238 valence electrons. The Bertz CT molecular complexity index is 1810. The lowest BCUT2D eigenvalue weighted by Crippen LogP contribution is -2.39. The summed E-state index contributed by atoms with van der Waals surface area (Å²) in [6.07, 6.45) is -4.45. The van der Waals surface area contributed by atoms with Crippen LogP contribution in [0.1, 0.15) is 17.0 Å². The van der Waals surface area contributed by atoms with Gasteiger partial charge in [-0.3, -0.25) is 10.00 Å². The Balaban J connectivity index is 1.22. The molecule has 0 radical (unpaired) electrons. The number of morpholine rings is 1. The molecule has 0 spiro atoms. The molecule has 6 rings (SSSR count). The standard InChI is InChI=1S/C32H30F4N8O2/c33-23-7-4-8-24(27(23)32(34,35)36)39-31(45)38-22-11-9-21(10-12-22)28-26-29(37-13-14-44-15-17-46-18-16-44)40-25(41-30(26)43-42-28)19-20-5-2-1-3-6-20/h1-12H,13-19H2,(H2,38,39,45)(H2,37,40,41,42,43). The van der Waals surface area contributed by atoms with Crippen LogP contribution in [-0.4, -0.2) is 70.5 Å². The highest BCUT2D eigenvalue weighted by Gasteiger charge is 2.37. The predicted molar refractivity (Wildman–Crippen MR) is 166 cm³/mol. The third-order valence-corrected chi connectivity index (χ3v) is 7.47. The van der Waals surface area contributed by atoms with Gasteiger partial charge in [0, 0.05) is 43.9 Å². The van der Waals surface area contributed by atoms with Gasteiger partial charge in [0.1, 0.15) is 23.0 Å². The van der Waals surface area contributed by atoms with Crippen LogP contribution < -0.4 is 16.0 Å². The first kappa shape index (κ1) is 30.9. The first-order valence-electron chi connectivity index (χ1n) is 14.6. The molecule has 2 amide bonds. The number of hydrogen-bond donors (Lipinski definition) is 4. The molecule has 0 aliphatic carbocycles. The molecule has 4 N–H and O–H groups in total. The minimum absolute atomic E-state index is 0.306. The summed E-state index contributed by atoms with van der Waals surface area (Å²) >= 11 is 0. The summed E-state index contributed by atoms with van der Waals surface area (Å²) in [4.78, 5) is 24.4. The Morgan fingerprint density at radius 2 is 1.70 bits per heavy atom. The molecule has 5 aromatic rings. The Labute approximate surface area is 261 Å². The number of aromatic nitrogens is 4. The van der Waals surface area contributed by atoms with E-state index in [1.54, 1.807) is 24.3 Å². The second kappa shape index (κ2) is 13.5. The number of halogens is 4. The second-order valence-corrected chi connectivity index (χ2v) is 10.6. The molecule has 10 nitrogen and oxygen atoms in total. The van der Waals surface area contributed by atoms with E-state index in [0.717, 1.165) is 37.3 Å². The Kier molecular flexibility index (Phi) is 9.08. The largest absolute Gasteiger partial charge is 0.421 e.